The van der Waals surface area contributed by atoms with E-state index in [1.807, 2.05) is 39.8 Å². The van der Waals surface area contributed by atoms with Gasteiger partial charge in [-0.05, 0) is 19.1 Å². The van der Waals surface area contributed by atoms with Crippen molar-refractivity contribution >= 4 is 40.9 Å². The Balaban J connectivity index is 2.30. The molecule has 0 spiro atoms. The molecule has 0 unspecified atom stereocenters. The van der Waals surface area contributed by atoms with E-state index in [4.69, 9.17) is 39.5 Å². The Labute approximate surface area is 161 Å². The standard InChI is InChI=1S/C16H19Cl3N4O2/c1-10-5-6-11(8-20-10)23-13(7-12(22-23)15(2,3)4)25-14(24)21-9-16(17,18)19/h5-8H,9H2,1-4H3,(H,21,24). The molecule has 1 N–H and O–H groups in total. The summed E-state index contributed by atoms with van der Waals surface area (Å²) in [5, 5.41) is 6.93. The second-order valence-corrected chi connectivity index (χ2v) is 9.06. The fourth-order valence-corrected chi connectivity index (χ4v) is 2.08. The Hall–Kier alpha value is -1.50. The van der Waals surface area contributed by atoms with Gasteiger partial charge >= 0.3 is 6.09 Å². The lowest BCUT2D eigenvalue weighted by Gasteiger charge is -2.13. The first-order valence-corrected chi connectivity index (χ1v) is 8.65. The van der Waals surface area contributed by atoms with Gasteiger partial charge in [-0.25, -0.2) is 4.79 Å². The van der Waals surface area contributed by atoms with Crippen LogP contribution in [0.15, 0.2) is 24.4 Å². The number of nitrogens with one attached hydrogen (secondary N) is 1. The topological polar surface area (TPSA) is 69.0 Å². The lowest BCUT2D eigenvalue weighted by Crippen LogP contribution is -2.34. The Morgan fingerprint density at radius 2 is 1.96 bits per heavy atom. The number of ether oxygens (including phenoxy) is 1. The maximum atomic E-state index is 12.0. The van der Waals surface area contributed by atoms with Crippen molar-refractivity contribution in [2.24, 2.45) is 0 Å². The molecular formula is C16H19Cl3N4O2. The van der Waals surface area contributed by atoms with E-state index in [0.717, 1.165) is 11.4 Å². The molecule has 0 aliphatic rings. The lowest BCUT2D eigenvalue weighted by atomic mass is 9.93. The summed E-state index contributed by atoms with van der Waals surface area (Å²) in [5.41, 5.74) is 2.08. The molecule has 0 bridgehead atoms. The highest BCUT2D eigenvalue weighted by Gasteiger charge is 2.24. The molecule has 136 valence electrons. The van der Waals surface area contributed by atoms with Crippen molar-refractivity contribution in [2.45, 2.75) is 36.9 Å². The van der Waals surface area contributed by atoms with Crippen LogP contribution in [0.4, 0.5) is 4.79 Å². The van der Waals surface area contributed by atoms with Gasteiger partial charge in [-0.2, -0.15) is 9.78 Å². The monoisotopic (exact) mass is 404 g/mol. The molecule has 2 aromatic heterocycles. The number of hydrogen-bond acceptors (Lipinski definition) is 4. The zero-order chi connectivity index (χ0) is 18.8. The third-order valence-electron chi connectivity index (χ3n) is 3.22. The minimum absolute atomic E-state index is 0.178. The summed E-state index contributed by atoms with van der Waals surface area (Å²) in [7, 11) is 0. The van der Waals surface area contributed by atoms with Crippen LogP contribution < -0.4 is 10.1 Å². The summed E-state index contributed by atoms with van der Waals surface area (Å²) >= 11 is 16.9. The first-order valence-electron chi connectivity index (χ1n) is 7.52. The van der Waals surface area contributed by atoms with Crippen LogP contribution in [0.25, 0.3) is 5.69 Å². The molecule has 2 aromatic rings. The fraction of sp³-hybridized carbons (Fsp3) is 0.438. The van der Waals surface area contributed by atoms with Crippen molar-refractivity contribution in [3.05, 3.63) is 35.8 Å². The van der Waals surface area contributed by atoms with E-state index in [0.29, 0.717) is 5.69 Å². The minimum atomic E-state index is -1.60. The zero-order valence-corrected chi connectivity index (χ0v) is 16.6. The van der Waals surface area contributed by atoms with Gasteiger partial charge in [0.25, 0.3) is 0 Å². The molecule has 0 fully saturated rings. The number of pyridine rings is 1. The zero-order valence-electron chi connectivity index (χ0n) is 14.3. The van der Waals surface area contributed by atoms with E-state index in [-0.39, 0.29) is 17.8 Å². The average molecular weight is 406 g/mol. The van der Waals surface area contributed by atoms with Gasteiger partial charge < -0.3 is 10.1 Å². The number of rotatable bonds is 3. The highest BCUT2D eigenvalue weighted by Crippen LogP contribution is 2.28. The maximum absolute atomic E-state index is 12.0. The van der Waals surface area contributed by atoms with Crippen LogP contribution in [-0.2, 0) is 5.41 Å². The second-order valence-electron chi connectivity index (χ2n) is 6.55. The summed E-state index contributed by atoms with van der Waals surface area (Å²) in [6, 6.07) is 5.39. The van der Waals surface area contributed by atoms with Crippen molar-refractivity contribution in [1.82, 2.24) is 20.1 Å². The van der Waals surface area contributed by atoms with E-state index in [1.54, 1.807) is 12.3 Å². The van der Waals surface area contributed by atoms with Gasteiger partial charge in [0.1, 0.15) is 0 Å². The van der Waals surface area contributed by atoms with Crippen molar-refractivity contribution in [3.8, 4) is 11.6 Å². The minimum Gasteiger partial charge on any atom is -0.391 e. The van der Waals surface area contributed by atoms with Gasteiger partial charge in [0.2, 0.25) is 9.67 Å². The maximum Gasteiger partial charge on any atom is 0.414 e. The predicted octanol–water partition coefficient (Wildman–Crippen LogP) is 4.33. The van der Waals surface area contributed by atoms with Gasteiger partial charge in [-0.1, -0.05) is 55.6 Å². The SMILES string of the molecule is Cc1ccc(-n2nc(C(C)(C)C)cc2OC(=O)NCC(Cl)(Cl)Cl)cn1. The van der Waals surface area contributed by atoms with Crippen LogP contribution in [0.2, 0.25) is 0 Å². The number of amides is 1. The van der Waals surface area contributed by atoms with E-state index < -0.39 is 9.89 Å². The van der Waals surface area contributed by atoms with Crippen LogP contribution in [0.1, 0.15) is 32.2 Å². The van der Waals surface area contributed by atoms with Crippen molar-refractivity contribution in [3.63, 3.8) is 0 Å². The highest BCUT2D eigenvalue weighted by atomic mass is 35.6. The largest absolute Gasteiger partial charge is 0.414 e. The number of alkyl halides is 3. The smallest absolute Gasteiger partial charge is 0.391 e. The van der Waals surface area contributed by atoms with Crippen LogP contribution in [0.5, 0.6) is 5.88 Å². The first-order chi connectivity index (χ1) is 11.5. The number of hydrogen-bond donors (Lipinski definition) is 1. The summed E-state index contributed by atoms with van der Waals surface area (Å²) < 4.78 is 5.26. The molecule has 2 rings (SSSR count). The van der Waals surface area contributed by atoms with Crippen LogP contribution in [-0.4, -0.2) is 31.2 Å². The molecule has 1 amide bonds. The summed E-state index contributed by atoms with van der Waals surface area (Å²) in [6.45, 7) is 7.75. The number of nitrogens with zero attached hydrogens (tertiary/aromatic N) is 3. The van der Waals surface area contributed by atoms with E-state index in [2.05, 4.69) is 15.4 Å². The normalized spacial score (nSPS) is 12.1. The Morgan fingerprint density at radius 3 is 2.48 bits per heavy atom. The molecule has 0 aromatic carbocycles. The number of carbonyl (C=O) groups excluding carboxylic acids is 1. The Bertz CT molecular complexity index is 746. The molecule has 9 heteroatoms. The molecule has 0 radical (unpaired) electrons. The highest BCUT2D eigenvalue weighted by molar-refractivity contribution is 6.67. The van der Waals surface area contributed by atoms with Crippen molar-refractivity contribution < 1.29 is 9.53 Å². The van der Waals surface area contributed by atoms with Crippen LogP contribution in [0, 0.1) is 6.92 Å². The fourth-order valence-electron chi connectivity index (χ4n) is 1.88. The predicted molar refractivity (Wildman–Crippen MR) is 99.1 cm³/mol. The second kappa shape index (κ2) is 7.40. The molecule has 6 nitrogen and oxygen atoms in total. The number of aromatic nitrogens is 3. The van der Waals surface area contributed by atoms with Crippen LogP contribution in [0.3, 0.4) is 0 Å². The van der Waals surface area contributed by atoms with Gasteiger partial charge in [0.05, 0.1) is 24.1 Å². The molecule has 0 aliphatic carbocycles. The number of aryl methyl sites for hydroxylation is 1. The van der Waals surface area contributed by atoms with Gasteiger partial charge in [-0.15, -0.1) is 0 Å². The molecule has 0 saturated heterocycles. The average Bonchev–Trinajstić information content (AvgIpc) is 2.89. The number of carbonyl (C=O) groups is 1. The quantitative estimate of drug-likeness (QED) is 0.772. The van der Waals surface area contributed by atoms with Crippen molar-refractivity contribution in [1.29, 1.82) is 0 Å². The summed E-state index contributed by atoms with van der Waals surface area (Å²) in [6.07, 6.45) is 0.911. The molecule has 0 saturated carbocycles. The summed E-state index contributed by atoms with van der Waals surface area (Å²) in [5.74, 6) is 0.248. The van der Waals surface area contributed by atoms with Gasteiger partial charge in [0, 0.05) is 17.2 Å². The molecule has 25 heavy (non-hydrogen) atoms. The number of halogens is 3. The van der Waals surface area contributed by atoms with E-state index >= 15 is 0 Å². The Kier molecular flexibility index (Phi) is 5.86. The molecular weight excluding hydrogens is 387 g/mol. The van der Waals surface area contributed by atoms with Crippen LogP contribution >= 0.6 is 34.8 Å². The summed E-state index contributed by atoms with van der Waals surface area (Å²) in [4.78, 5) is 16.2. The van der Waals surface area contributed by atoms with Gasteiger partial charge in [0.15, 0.2) is 0 Å². The van der Waals surface area contributed by atoms with Crippen molar-refractivity contribution in [2.75, 3.05) is 6.54 Å². The third kappa shape index (κ3) is 5.76. The molecule has 2 heterocycles. The lowest BCUT2D eigenvalue weighted by molar-refractivity contribution is 0.197. The van der Waals surface area contributed by atoms with E-state index in [1.165, 1.54) is 4.68 Å². The van der Waals surface area contributed by atoms with Gasteiger partial charge in [-0.3, -0.25) is 4.98 Å². The third-order valence-corrected chi connectivity index (χ3v) is 3.62. The molecule has 0 atom stereocenters. The first kappa shape index (κ1) is 19.8. The Morgan fingerprint density at radius 1 is 1.28 bits per heavy atom. The molecule has 0 aliphatic heterocycles. The van der Waals surface area contributed by atoms with E-state index in [9.17, 15) is 4.79 Å².